The minimum atomic E-state index is -0.0665. The molecule has 4 nitrogen and oxygen atoms in total. The van der Waals surface area contributed by atoms with Gasteiger partial charge in [-0.25, -0.2) is 4.79 Å². The van der Waals surface area contributed by atoms with Crippen LogP contribution in [-0.2, 0) is 6.42 Å². The number of amides is 2. The standard InChI is InChI=1S/C14H17N3O/c1-17(2)14(18)16-10-8-12-6-3-5-11-7-4-9-15-13(11)12/h3-7,9H,8,10H2,1-2H3,(H,16,18). The second-order valence-corrected chi connectivity index (χ2v) is 4.37. The molecule has 94 valence electrons. The predicted molar refractivity (Wildman–Crippen MR) is 72.5 cm³/mol. The number of nitrogens with zero attached hydrogens (tertiary/aromatic N) is 2. The van der Waals surface area contributed by atoms with Gasteiger partial charge in [0.25, 0.3) is 0 Å². The van der Waals surface area contributed by atoms with Crippen molar-refractivity contribution in [2.75, 3.05) is 20.6 Å². The Hall–Kier alpha value is -2.10. The number of nitrogens with one attached hydrogen (secondary N) is 1. The first-order valence-corrected chi connectivity index (χ1v) is 5.96. The summed E-state index contributed by atoms with van der Waals surface area (Å²) in [5, 5.41) is 3.99. The first kappa shape index (κ1) is 12.4. The lowest BCUT2D eigenvalue weighted by atomic mass is 10.1. The average Bonchev–Trinajstić information content (AvgIpc) is 2.38. The van der Waals surface area contributed by atoms with Gasteiger partial charge in [0.05, 0.1) is 5.52 Å². The molecule has 0 aliphatic heterocycles. The summed E-state index contributed by atoms with van der Waals surface area (Å²) in [6.07, 6.45) is 2.58. The fraction of sp³-hybridized carbons (Fsp3) is 0.286. The molecule has 0 bridgehead atoms. The van der Waals surface area contributed by atoms with Crippen molar-refractivity contribution >= 4 is 16.9 Å². The normalized spacial score (nSPS) is 10.3. The van der Waals surface area contributed by atoms with Crippen molar-refractivity contribution in [3.05, 3.63) is 42.1 Å². The smallest absolute Gasteiger partial charge is 0.316 e. The van der Waals surface area contributed by atoms with E-state index in [2.05, 4.69) is 16.4 Å². The minimum Gasteiger partial charge on any atom is -0.338 e. The maximum atomic E-state index is 11.4. The number of carbonyl (C=O) groups excluding carboxylic acids is 1. The van der Waals surface area contributed by atoms with Crippen molar-refractivity contribution in [1.29, 1.82) is 0 Å². The molecule has 0 spiro atoms. The van der Waals surface area contributed by atoms with Crippen LogP contribution in [0, 0.1) is 0 Å². The zero-order valence-electron chi connectivity index (χ0n) is 10.7. The molecule has 0 fully saturated rings. The molecule has 0 aliphatic rings. The molecule has 1 N–H and O–H groups in total. The number of urea groups is 1. The molecule has 0 atom stereocenters. The van der Waals surface area contributed by atoms with E-state index in [0.29, 0.717) is 6.54 Å². The maximum absolute atomic E-state index is 11.4. The van der Waals surface area contributed by atoms with Crippen molar-refractivity contribution in [1.82, 2.24) is 15.2 Å². The van der Waals surface area contributed by atoms with E-state index in [1.165, 1.54) is 4.90 Å². The highest BCUT2D eigenvalue weighted by Gasteiger charge is 2.04. The Kier molecular flexibility index (Phi) is 3.77. The van der Waals surface area contributed by atoms with Gasteiger partial charge >= 0.3 is 6.03 Å². The Morgan fingerprint density at radius 1 is 1.28 bits per heavy atom. The molecular weight excluding hydrogens is 226 g/mol. The lowest BCUT2D eigenvalue weighted by Crippen LogP contribution is -2.35. The van der Waals surface area contributed by atoms with E-state index in [4.69, 9.17) is 0 Å². The van der Waals surface area contributed by atoms with Gasteiger partial charge in [-0.2, -0.15) is 0 Å². The number of para-hydroxylation sites is 1. The van der Waals surface area contributed by atoms with Gasteiger partial charge in [-0.15, -0.1) is 0 Å². The molecule has 0 saturated carbocycles. The van der Waals surface area contributed by atoms with Crippen LogP contribution in [0.15, 0.2) is 36.5 Å². The topological polar surface area (TPSA) is 45.2 Å². The number of carbonyl (C=O) groups is 1. The average molecular weight is 243 g/mol. The fourth-order valence-electron chi connectivity index (χ4n) is 1.83. The molecule has 2 amide bonds. The molecule has 2 aromatic rings. The number of hydrogen-bond donors (Lipinski definition) is 1. The van der Waals surface area contributed by atoms with E-state index in [1.54, 1.807) is 20.3 Å². The quantitative estimate of drug-likeness (QED) is 0.896. The Balaban J connectivity index is 2.06. The number of hydrogen-bond acceptors (Lipinski definition) is 2. The lowest BCUT2D eigenvalue weighted by Gasteiger charge is -2.12. The van der Waals surface area contributed by atoms with E-state index < -0.39 is 0 Å². The number of rotatable bonds is 3. The van der Waals surface area contributed by atoms with Gasteiger partial charge in [-0.1, -0.05) is 24.3 Å². The van der Waals surface area contributed by atoms with Crippen LogP contribution >= 0.6 is 0 Å². The molecule has 1 heterocycles. The summed E-state index contributed by atoms with van der Waals surface area (Å²) in [4.78, 5) is 17.3. The summed E-state index contributed by atoms with van der Waals surface area (Å²) in [7, 11) is 3.46. The first-order valence-electron chi connectivity index (χ1n) is 5.96. The van der Waals surface area contributed by atoms with Crippen LogP contribution < -0.4 is 5.32 Å². The summed E-state index contributed by atoms with van der Waals surface area (Å²) in [6, 6.07) is 10.0. The van der Waals surface area contributed by atoms with Gasteiger partial charge in [0.2, 0.25) is 0 Å². The molecule has 2 rings (SSSR count). The number of pyridine rings is 1. The number of aromatic nitrogens is 1. The zero-order valence-corrected chi connectivity index (χ0v) is 10.7. The van der Waals surface area contributed by atoms with Gasteiger partial charge in [0, 0.05) is 32.2 Å². The third-order valence-electron chi connectivity index (χ3n) is 2.79. The Labute approximate surface area is 107 Å². The molecular formula is C14H17N3O. The van der Waals surface area contributed by atoms with Crippen LogP contribution in [0.3, 0.4) is 0 Å². The van der Waals surface area contributed by atoms with Crippen LogP contribution in [-0.4, -0.2) is 36.6 Å². The van der Waals surface area contributed by atoms with Gasteiger partial charge in [0.15, 0.2) is 0 Å². The SMILES string of the molecule is CN(C)C(=O)NCCc1cccc2cccnc12. The molecule has 0 aliphatic carbocycles. The Morgan fingerprint density at radius 3 is 2.83 bits per heavy atom. The van der Waals surface area contributed by atoms with Crippen molar-refractivity contribution in [2.45, 2.75) is 6.42 Å². The van der Waals surface area contributed by atoms with Gasteiger partial charge in [-0.3, -0.25) is 4.98 Å². The van der Waals surface area contributed by atoms with Gasteiger partial charge < -0.3 is 10.2 Å². The fourth-order valence-corrected chi connectivity index (χ4v) is 1.83. The summed E-state index contributed by atoms with van der Waals surface area (Å²) in [6.45, 7) is 0.618. The second-order valence-electron chi connectivity index (χ2n) is 4.37. The van der Waals surface area contributed by atoms with Gasteiger partial charge in [-0.05, 0) is 18.1 Å². The Morgan fingerprint density at radius 2 is 2.06 bits per heavy atom. The number of benzene rings is 1. The molecule has 0 radical (unpaired) electrons. The van der Waals surface area contributed by atoms with E-state index in [0.717, 1.165) is 22.9 Å². The lowest BCUT2D eigenvalue weighted by molar-refractivity contribution is 0.217. The van der Waals surface area contributed by atoms with Crippen LogP contribution in [0.25, 0.3) is 10.9 Å². The van der Waals surface area contributed by atoms with Crippen LogP contribution in [0.4, 0.5) is 4.79 Å². The molecule has 1 aromatic carbocycles. The van der Waals surface area contributed by atoms with Crippen molar-refractivity contribution < 1.29 is 4.79 Å². The van der Waals surface area contributed by atoms with Crippen LogP contribution in [0.2, 0.25) is 0 Å². The molecule has 18 heavy (non-hydrogen) atoms. The second kappa shape index (κ2) is 5.49. The van der Waals surface area contributed by atoms with E-state index in [-0.39, 0.29) is 6.03 Å². The van der Waals surface area contributed by atoms with Gasteiger partial charge in [0.1, 0.15) is 0 Å². The van der Waals surface area contributed by atoms with Crippen LogP contribution in [0.5, 0.6) is 0 Å². The highest BCUT2D eigenvalue weighted by atomic mass is 16.2. The first-order chi connectivity index (χ1) is 8.68. The van der Waals surface area contributed by atoms with Crippen molar-refractivity contribution in [3.8, 4) is 0 Å². The number of fused-ring (bicyclic) bond motifs is 1. The van der Waals surface area contributed by atoms with Crippen LogP contribution in [0.1, 0.15) is 5.56 Å². The highest BCUT2D eigenvalue weighted by molar-refractivity contribution is 5.81. The van der Waals surface area contributed by atoms with Crippen molar-refractivity contribution in [3.63, 3.8) is 0 Å². The largest absolute Gasteiger partial charge is 0.338 e. The summed E-state index contributed by atoms with van der Waals surface area (Å²) < 4.78 is 0. The monoisotopic (exact) mass is 243 g/mol. The molecule has 0 unspecified atom stereocenters. The van der Waals surface area contributed by atoms with E-state index in [9.17, 15) is 4.79 Å². The Bertz CT molecular complexity index is 546. The molecule has 1 aromatic heterocycles. The predicted octanol–water partition coefficient (Wildman–Crippen LogP) is 2.05. The molecule has 0 saturated heterocycles. The maximum Gasteiger partial charge on any atom is 0.316 e. The minimum absolute atomic E-state index is 0.0665. The van der Waals surface area contributed by atoms with E-state index in [1.807, 2.05) is 24.3 Å². The summed E-state index contributed by atoms with van der Waals surface area (Å²) in [5.41, 5.74) is 2.17. The zero-order chi connectivity index (χ0) is 13.0. The third-order valence-corrected chi connectivity index (χ3v) is 2.79. The van der Waals surface area contributed by atoms with Crippen molar-refractivity contribution in [2.24, 2.45) is 0 Å². The van der Waals surface area contributed by atoms with E-state index >= 15 is 0 Å². The summed E-state index contributed by atoms with van der Waals surface area (Å²) >= 11 is 0. The highest BCUT2D eigenvalue weighted by Crippen LogP contribution is 2.15. The third kappa shape index (κ3) is 2.77. The molecule has 4 heteroatoms. The summed E-state index contributed by atoms with van der Waals surface area (Å²) in [5.74, 6) is 0.